The zero-order chi connectivity index (χ0) is 19.7. The Balaban J connectivity index is 1.47. The molecule has 0 aliphatic carbocycles. The summed E-state index contributed by atoms with van der Waals surface area (Å²) in [6, 6.07) is 10.4. The number of nitrogens with zero attached hydrogens (tertiary/aromatic N) is 3. The summed E-state index contributed by atoms with van der Waals surface area (Å²) < 4.78 is 38.6. The van der Waals surface area contributed by atoms with Crippen LogP contribution in [0.5, 0.6) is 5.75 Å². The molecule has 28 heavy (non-hydrogen) atoms. The van der Waals surface area contributed by atoms with Gasteiger partial charge in [-0.3, -0.25) is 4.90 Å². The maximum Gasteiger partial charge on any atom is 0.250 e. The summed E-state index contributed by atoms with van der Waals surface area (Å²) in [5.41, 5.74) is 0.825. The number of hydrogen-bond donors (Lipinski definition) is 1. The van der Waals surface area contributed by atoms with Gasteiger partial charge in [0.15, 0.2) is 0 Å². The molecule has 1 aliphatic heterocycles. The average molecular weight is 421 g/mol. The van der Waals surface area contributed by atoms with E-state index in [1.807, 2.05) is 36.2 Å². The summed E-state index contributed by atoms with van der Waals surface area (Å²) in [6.45, 7) is 0.565. The number of sulfonamides is 1. The van der Waals surface area contributed by atoms with Crippen molar-refractivity contribution in [3.05, 3.63) is 47.7 Å². The smallest absolute Gasteiger partial charge is 0.250 e. The van der Waals surface area contributed by atoms with Crippen molar-refractivity contribution >= 4 is 21.4 Å². The number of thiophene rings is 1. The number of ether oxygens (including phenoxy) is 1. The van der Waals surface area contributed by atoms with Crippen LogP contribution in [0.2, 0.25) is 0 Å². The highest BCUT2D eigenvalue weighted by Crippen LogP contribution is 2.32. The standard InChI is InChI=1S/C18H20N4O4S2/c1-22-11-13(21-28(23,24)16-4-3-9-27-16)10-15(22)18-19-17(20-26-18)12-5-7-14(25-2)8-6-12/h3-9,13,15,21H,10-11H2,1-2H3. The molecule has 0 saturated carbocycles. The predicted molar refractivity (Wildman–Crippen MR) is 105 cm³/mol. The van der Waals surface area contributed by atoms with Crippen LogP contribution in [-0.4, -0.2) is 50.2 Å². The topological polar surface area (TPSA) is 97.6 Å². The fourth-order valence-corrected chi connectivity index (χ4v) is 5.54. The number of hydrogen-bond acceptors (Lipinski definition) is 8. The maximum absolute atomic E-state index is 12.5. The van der Waals surface area contributed by atoms with Crippen molar-refractivity contribution in [2.24, 2.45) is 0 Å². The van der Waals surface area contributed by atoms with Crippen LogP contribution in [0.25, 0.3) is 11.4 Å². The Bertz CT molecular complexity index is 1030. The van der Waals surface area contributed by atoms with Crippen molar-refractivity contribution < 1.29 is 17.7 Å². The van der Waals surface area contributed by atoms with Gasteiger partial charge in [-0.1, -0.05) is 11.2 Å². The van der Waals surface area contributed by atoms with Gasteiger partial charge in [-0.2, -0.15) is 4.98 Å². The Labute approximate surface area is 167 Å². The van der Waals surface area contributed by atoms with Crippen molar-refractivity contribution in [3.63, 3.8) is 0 Å². The largest absolute Gasteiger partial charge is 0.497 e. The van der Waals surface area contributed by atoms with Crippen LogP contribution in [0.4, 0.5) is 0 Å². The summed E-state index contributed by atoms with van der Waals surface area (Å²) in [5, 5.41) is 5.82. The van der Waals surface area contributed by atoms with Gasteiger partial charge in [0.2, 0.25) is 21.7 Å². The van der Waals surface area contributed by atoms with Gasteiger partial charge in [-0.15, -0.1) is 11.3 Å². The molecule has 3 aromatic rings. The molecule has 10 heteroatoms. The quantitative estimate of drug-likeness (QED) is 0.654. The zero-order valence-electron chi connectivity index (χ0n) is 15.4. The maximum atomic E-state index is 12.5. The van der Waals surface area contributed by atoms with Crippen LogP contribution in [0.15, 0.2) is 50.5 Å². The summed E-state index contributed by atoms with van der Waals surface area (Å²) >= 11 is 1.20. The minimum absolute atomic E-state index is 0.143. The molecule has 0 amide bonds. The van der Waals surface area contributed by atoms with E-state index in [-0.39, 0.29) is 12.1 Å². The van der Waals surface area contributed by atoms with Crippen LogP contribution in [0.1, 0.15) is 18.4 Å². The third-order valence-corrected chi connectivity index (χ3v) is 7.62. The van der Waals surface area contributed by atoms with Crippen molar-refractivity contribution in [1.82, 2.24) is 19.8 Å². The number of rotatable bonds is 6. The first-order valence-corrected chi connectivity index (χ1v) is 11.1. The summed E-state index contributed by atoms with van der Waals surface area (Å²) in [7, 11) is 0.0191. The van der Waals surface area contributed by atoms with Gasteiger partial charge in [0.05, 0.1) is 13.2 Å². The van der Waals surface area contributed by atoms with Crippen LogP contribution in [0, 0.1) is 0 Å². The Kier molecular flexibility index (Phi) is 5.19. The first kappa shape index (κ1) is 19.1. The molecule has 1 fully saturated rings. The molecule has 1 N–H and O–H groups in total. The highest BCUT2D eigenvalue weighted by molar-refractivity contribution is 7.91. The van der Waals surface area contributed by atoms with Crippen LogP contribution < -0.4 is 9.46 Å². The van der Waals surface area contributed by atoms with Crippen molar-refractivity contribution in [3.8, 4) is 17.1 Å². The number of methoxy groups -OCH3 is 1. The molecule has 0 radical (unpaired) electrons. The SMILES string of the molecule is COc1ccc(-c2noc(C3CC(NS(=O)(=O)c4cccs4)CN3C)n2)cc1. The van der Waals surface area contributed by atoms with Gasteiger partial charge in [0.1, 0.15) is 9.96 Å². The Morgan fingerprint density at radius 1 is 1.29 bits per heavy atom. The average Bonchev–Trinajstić information content (AvgIpc) is 3.42. The third-order valence-electron chi connectivity index (χ3n) is 4.70. The Morgan fingerprint density at radius 3 is 2.75 bits per heavy atom. The van der Waals surface area contributed by atoms with E-state index in [1.54, 1.807) is 24.6 Å². The minimum Gasteiger partial charge on any atom is -0.497 e. The molecule has 2 unspecified atom stereocenters. The molecule has 1 aliphatic rings. The lowest BCUT2D eigenvalue weighted by atomic mass is 10.2. The first-order chi connectivity index (χ1) is 13.5. The van der Waals surface area contributed by atoms with E-state index in [1.165, 1.54) is 11.3 Å². The highest BCUT2D eigenvalue weighted by Gasteiger charge is 2.36. The number of likely N-dealkylation sites (tertiary alicyclic amines) is 1. The van der Waals surface area contributed by atoms with E-state index in [0.717, 1.165) is 11.3 Å². The monoisotopic (exact) mass is 420 g/mol. The first-order valence-electron chi connectivity index (χ1n) is 8.70. The predicted octanol–water partition coefficient (Wildman–Crippen LogP) is 2.53. The van der Waals surface area contributed by atoms with E-state index in [0.29, 0.717) is 28.9 Å². The van der Waals surface area contributed by atoms with Gasteiger partial charge >= 0.3 is 0 Å². The van der Waals surface area contributed by atoms with E-state index >= 15 is 0 Å². The number of likely N-dealkylation sites (N-methyl/N-ethyl adjacent to an activating group) is 1. The van der Waals surface area contributed by atoms with Crippen molar-refractivity contribution in [1.29, 1.82) is 0 Å². The molecular formula is C18H20N4O4S2. The van der Waals surface area contributed by atoms with Crippen LogP contribution >= 0.6 is 11.3 Å². The Morgan fingerprint density at radius 2 is 2.07 bits per heavy atom. The molecule has 4 rings (SSSR count). The molecule has 0 bridgehead atoms. The Hall–Kier alpha value is -2.27. The van der Waals surface area contributed by atoms with Gasteiger partial charge in [0, 0.05) is 18.2 Å². The highest BCUT2D eigenvalue weighted by atomic mass is 32.2. The molecule has 1 aromatic carbocycles. The van der Waals surface area contributed by atoms with Crippen molar-refractivity contribution in [2.75, 3.05) is 20.7 Å². The second-order valence-electron chi connectivity index (χ2n) is 6.63. The third kappa shape index (κ3) is 3.81. The molecule has 2 atom stereocenters. The summed E-state index contributed by atoms with van der Waals surface area (Å²) in [5.74, 6) is 1.73. The molecular weight excluding hydrogens is 400 g/mol. The lowest BCUT2D eigenvalue weighted by Gasteiger charge is -2.14. The normalized spacial score (nSPS) is 20.5. The molecule has 148 valence electrons. The van der Waals surface area contributed by atoms with E-state index in [9.17, 15) is 8.42 Å². The van der Waals surface area contributed by atoms with E-state index < -0.39 is 10.0 Å². The number of nitrogens with one attached hydrogen (secondary N) is 1. The molecule has 3 heterocycles. The lowest BCUT2D eigenvalue weighted by molar-refractivity contribution is 0.244. The number of benzene rings is 1. The van der Waals surface area contributed by atoms with E-state index in [4.69, 9.17) is 9.26 Å². The second kappa shape index (κ2) is 7.63. The van der Waals surface area contributed by atoms with Crippen molar-refractivity contribution in [2.45, 2.75) is 22.7 Å². The van der Waals surface area contributed by atoms with Crippen LogP contribution in [-0.2, 0) is 10.0 Å². The molecule has 8 nitrogen and oxygen atoms in total. The zero-order valence-corrected chi connectivity index (χ0v) is 17.0. The lowest BCUT2D eigenvalue weighted by Crippen LogP contribution is -2.36. The molecule has 2 aromatic heterocycles. The summed E-state index contributed by atoms with van der Waals surface area (Å²) in [4.78, 5) is 6.53. The van der Waals surface area contributed by atoms with Gasteiger partial charge < -0.3 is 9.26 Å². The van der Waals surface area contributed by atoms with Gasteiger partial charge in [0.25, 0.3) is 0 Å². The number of aromatic nitrogens is 2. The molecule has 1 saturated heterocycles. The van der Waals surface area contributed by atoms with Gasteiger partial charge in [-0.05, 0) is 49.2 Å². The fraction of sp³-hybridized carbons (Fsp3) is 0.333. The minimum atomic E-state index is -3.51. The fourth-order valence-electron chi connectivity index (χ4n) is 3.30. The second-order valence-corrected chi connectivity index (χ2v) is 9.51. The summed E-state index contributed by atoms with van der Waals surface area (Å²) in [6.07, 6.45) is 0.561. The van der Waals surface area contributed by atoms with Gasteiger partial charge in [-0.25, -0.2) is 13.1 Å². The molecule has 0 spiro atoms. The van der Waals surface area contributed by atoms with E-state index in [2.05, 4.69) is 14.9 Å². The van der Waals surface area contributed by atoms with Crippen LogP contribution in [0.3, 0.4) is 0 Å².